The molecule has 4 saturated carbocycles. The van der Waals surface area contributed by atoms with Crippen LogP contribution < -0.4 is 14.8 Å². The first-order chi connectivity index (χ1) is 29.2. The molecule has 0 spiro atoms. The molecule has 2 amide bonds. The number of esters is 2. The molecule has 0 radical (unpaired) electrons. The predicted molar refractivity (Wildman–Crippen MR) is 229 cm³/mol. The van der Waals surface area contributed by atoms with E-state index >= 15 is 0 Å². The van der Waals surface area contributed by atoms with E-state index in [4.69, 9.17) is 35.3 Å². The highest BCUT2D eigenvalue weighted by Gasteiger charge is 2.55. The molecule has 11 nitrogen and oxygen atoms in total. The molecular weight excluding hydrogens is 804 g/mol. The minimum absolute atomic E-state index is 0.0491. The Morgan fingerprint density at radius 3 is 2.47 bits per heavy atom. The summed E-state index contributed by atoms with van der Waals surface area (Å²) in [5.74, 6) is 2.49. The Morgan fingerprint density at radius 2 is 1.73 bits per heavy atom. The molecule has 4 bridgehead atoms. The Morgan fingerprint density at radius 1 is 0.933 bits per heavy atom. The van der Waals surface area contributed by atoms with Crippen LogP contribution in [0.3, 0.4) is 0 Å². The van der Waals surface area contributed by atoms with Crippen LogP contribution in [0.15, 0.2) is 89.6 Å². The second kappa shape index (κ2) is 18.2. The van der Waals surface area contributed by atoms with Crippen LogP contribution in [-0.4, -0.2) is 73.3 Å². The van der Waals surface area contributed by atoms with Crippen molar-refractivity contribution < 1.29 is 42.9 Å². The molecule has 3 aromatic carbocycles. The number of amides is 2. The number of nitrogens with one attached hydrogen (secondary N) is 1. The van der Waals surface area contributed by atoms with Crippen LogP contribution in [0, 0.1) is 23.7 Å². The van der Waals surface area contributed by atoms with Crippen LogP contribution in [0.4, 0.5) is 0 Å². The van der Waals surface area contributed by atoms with Crippen LogP contribution in [0.25, 0.3) is 11.8 Å². The molecule has 60 heavy (non-hydrogen) atoms. The zero-order chi connectivity index (χ0) is 41.9. The molecule has 13 heteroatoms. The molecule has 0 aromatic heterocycles. The minimum Gasteiger partial charge on any atom is -0.497 e. The molecule has 6 aliphatic rings. The largest absolute Gasteiger partial charge is 0.497 e. The second-order valence-corrected chi connectivity index (χ2v) is 17.5. The lowest BCUT2D eigenvalue weighted by molar-refractivity contribution is -0.153. The third-order valence-corrected chi connectivity index (χ3v) is 13.9. The summed E-state index contributed by atoms with van der Waals surface area (Å²) < 4.78 is 29.2. The number of thioether (sulfide) groups is 1. The summed E-state index contributed by atoms with van der Waals surface area (Å²) in [6.45, 7) is 2.04. The van der Waals surface area contributed by atoms with Gasteiger partial charge in [-0.3, -0.25) is 14.5 Å². The van der Waals surface area contributed by atoms with Crippen molar-refractivity contribution in [3.63, 3.8) is 0 Å². The van der Waals surface area contributed by atoms with Gasteiger partial charge < -0.3 is 29.0 Å². The Kier molecular flexibility index (Phi) is 12.6. The van der Waals surface area contributed by atoms with Crippen LogP contribution in [0.1, 0.15) is 61.3 Å². The molecule has 1 N–H and O–H groups in total. The van der Waals surface area contributed by atoms with Crippen molar-refractivity contribution >= 4 is 59.0 Å². The highest BCUT2D eigenvalue weighted by Crippen LogP contribution is 2.62. The molecule has 4 aliphatic carbocycles. The molecule has 2 heterocycles. The second-order valence-electron chi connectivity index (χ2n) is 16.0. The summed E-state index contributed by atoms with van der Waals surface area (Å²) in [4.78, 5) is 55.0. The first kappa shape index (κ1) is 41.5. The number of benzene rings is 3. The van der Waals surface area contributed by atoms with Gasteiger partial charge in [0.1, 0.15) is 47.6 Å². The maximum absolute atomic E-state index is 14.1. The zero-order valence-corrected chi connectivity index (χ0v) is 35.5. The Bertz CT molecular complexity index is 2240. The molecule has 314 valence electrons. The van der Waals surface area contributed by atoms with Crippen molar-refractivity contribution in [2.75, 3.05) is 33.2 Å². The van der Waals surface area contributed by atoms with E-state index in [9.17, 15) is 19.2 Å². The minimum atomic E-state index is -0.824. The highest BCUT2D eigenvalue weighted by molar-refractivity contribution is 8.00. The van der Waals surface area contributed by atoms with E-state index in [1.165, 1.54) is 47.6 Å². The smallest absolute Gasteiger partial charge is 0.355 e. The quantitative estimate of drug-likeness (QED) is 0.0661. The van der Waals surface area contributed by atoms with Crippen LogP contribution in [0.2, 0.25) is 5.02 Å². The number of hydrogen-bond acceptors (Lipinski definition) is 10. The van der Waals surface area contributed by atoms with Crippen molar-refractivity contribution in [2.45, 2.75) is 63.5 Å². The average Bonchev–Trinajstić information content (AvgIpc) is 3.69. The number of halogens is 1. The lowest BCUT2D eigenvalue weighted by atomic mass is 9.78. The monoisotopic (exact) mass is 852 g/mol. The number of carbonyl (C=O) groups excluding carboxylic acids is 4. The SMILES string of the molecule is CCCOC(=O)/C=C/c1ccc(/C(OC)=C2/C3CC4CC(C3)C2C4)c(Cl)c1OCC1=C(C(=O)OCc2ccc(OC)cc2)N2C(=O)C(NC(=O)Cc3ccccc3)C2SC1. The summed E-state index contributed by atoms with van der Waals surface area (Å²) in [5.41, 5.74) is 4.68. The van der Waals surface area contributed by atoms with E-state index in [1.807, 2.05) is 49.4 Å². The third kappa shape index (κ3) is 8.41. The number of carbonyl (C=O) groups is 4. The molecule has 3 aromatic rings. The summed E-state index contributed by atoms with van der Waals surface area (Å²) in [5, 5.41) is 2.66. The van der Waals surface area contributed by atoms with Crippen LogP contribution >= 0.6 is 23.4 Å². The average molecular weight is 853 g/mol. The summed E-state index contributed by atoms with van der Waals surface area (Å²) in [7, 11) is 3.26. The number of hydrogen-bond donors (Lipinski definition) is 1. The van der Waals surface area contributed by atoms with Crippen molar-refractivity contribution in [3.05, 3.63) is 117 Å². The topological polar surface area (TPSA) is 130 Å². The van der Waals surface area contributed by atoms with Gasteiger partial charge in [0.25, 0.3) is 5.91 Å². The van der Waals surface area contributed by atoms with Gasteiger partial charge >= 0.3 is 11.9 Å². The number of methoxy groups -OCH3 is 2. The number of rotatable bonds is 16. The standard InChI is InChI=1S/C47H49ClN2O9S/c1-4-18-57-38(52)17-13-30-12-16-35(44(56-3)39-32-20-29-19-31(23-32)36(39)21-29)40(48)43(30)58-25-33-26-60-46-41(49-37(51)22-27-8-6-5-7-9-27)45(53)50(46)42(33)47(54)59-24-28-10-14-34(55-2)15-11-28/h5-17,29,31-32,36,41,46H,4,18-26H2,1-3H3,(H,49,51)/b17-13+,44-39+. The first-order valence-electron chi connectivity index (χ1n) is 20.6. The van der Waals surface area contributed by atoms with Crippen molar-refractivity contribution in [1.82, 2.24) is 10.2 Å². The Balaban J connectivity index is 1.10. The molecule has 6 atom stereocenters. The fraction of sp³-hybridized carbons (Fsp3) is 0.404. The Labute approximate surface area is 359 Å². The lowest BCUT2D eigenvalue weighted by Gasteiger charge is -2.49. The van der Waals surface area contributed by atoms with Crippen LogP contribution in [0.5, 0.6) is 11.5 Å². The number of fused-ring (bicyclic) bond motifs is 1. The number of allylic oxidation sites excluding steroid dienone is 1. The predicted octanol–water partition coefficient (Wildman–Crippen LogP) is 7.76. The normalized spacial score (nSPS) is 24.5. The van der Waals surface area contributed by atoms with E-state index < -0.39 is 29.3 Å². The number of nitrogens with zero attached hydrogens (tertiary/aromatic N) is 1. The van der Waals surface area contributed by atoms with Gasteiger partial charge in [0.2, 0.25) is 5.91 Å². The Hall–Kier alpha value is -5.20. The van der Waals surface area contributed by atoms with Gasteiger partial charge in [0, 0.05) is 28.5 Å². The van der Waals surface area contributed by atoms with Gasteiger partial charge in [-0.2, -0.15) is 0 Å². The highest BCUT2D eigenvalue weighted by atomic mass is 35.5. The van der Waals surface area contributed by atoms with E-state index in [-0.39, 0.29) is 37.8 Å². The van der Waals surface area contributed by atoms with Gasteiger partial charge in [0.15, 0.2) is 0 Å². The lowest BCUT2D eigenvalue weighted by Crippen LogP contribution is -2.70. The zero-order valence-electron chi connectivity index (χ0n) is 33.9. The van der Waals surface area contributed by atoms with Crippen LogP contribution in [-0.2, 0) is 46.4 Å². The molecule has 5 fully saturated rings. The summed E-state index contributed by atoms with van der Waals surface area (Å²) in [6, 6.07) is 19.4. The summed E-state index contributed by atoms with van der Waals surface area (Å²) >= 11 is 8.74. The summed E-state index contributed by atoms with van der Waals surface area (Å²) in [6.07, 6.45) is 8.51. The van der Waals surface area contributed by atoms with Gasteiger partial charge in [0.05, 0.1) is 32.3 Å². The third-order valence-electron chi connectivity index (χ3n) is 12.2. The fourth-order valence-corrected chi connectivity index (χ4v) is 11.2. The van der Waals surface area contributed by atoms with E-state index in [1.54, 1.807) is 44.6 Å². The van der Waals surface area contributed by atoms with Gasteiger partial charge in [-0.05, 0) is 96.8 Å². The number of ether oxygens (including phenoxy) is 5. The van der Waals surface area contributed by atoms with Crippen molar-refractivity contribution in [2.24, 2.45) is 23.7 Å². The van der Waals surface area contributed by atoms with Gasteiger partial charge in [-0.25, -0.2) is 9.59 Å². The maximum atomic E-state index is 14.1. The van der Waals surface area contributed by atoms with Gasteiger partial charge in [-0.1, -0.05) is 67.1 Å². The van der Waals surface area contributed by atoms with Gasteiger partial charge in [-0.15, -0.1) is 11.8 Å². The van der Waals surface area contributed by atoms with Crippen molar-refractivity contribution in [3.8, 4) is 11.5 Å². The molecule has 1 saturated heterocycles. The number of β-lactam (4-membered cyclic amide) rings is 1. The fourth-order valence-electron chi connectivity index (χ4n) is 9.55. The van der Waals surface area contributed by atoms with E-state index in [0.717, 1.165) is 29.2 Å². The maximum Gasteiger partial charge on any atom is 0.355 e. The first-order valence-corrected chi connectivity index (χ1v) is 22.0. The van der Waals surface area contributed by atoms with E-state index in [2.05, 4.69) is 5.32 Å². The molecular formula is C47H49ClN2O9S. The molecule has 9 rings (SSSR count). The molecule has 2 aliphatic heterocycles. The van der Waals surface area contributed by atoms with E-state index in [0.29, 0.717) is 63.1 Å². The van der Waals surface area contributed by atoms with Crippen molar-refractivity contribution in [1.29, 1.82) is 0 Å². The molecule has 6 unspecified atom stereocenters.